The molecule has 0 spiro atoms. The summed E-state index contributed by atoms with van der Waals surface area (Å²) >= 11 is 12.2. The topological polar surface area (TPSA) is 21.8 Å². The van der Waals surface area contributed by atoms with Crippen LogP contribution in [0, 0.1) is 0 Å². The fraction of sp³-hybridized carbons (Fsp3) is 0.900. The average molecular weight is 410 g/mol. The Labute approximate surface area is 166 Å². The highest BCUT2D eigenvalue weighted by molar-refractivity contribution is 6.74. The van der Waals surface area contributed by atoms with E-state index in [2.05, 4.69) is 46.0 Å². The van der Waals surface area contributed by atoms with E-state index in [0.717, 1.165) is 13.0 Å². The van der Waals surface area contributed by atoms with Gasteiger partial charge in [0.05, 0.1) is 5.38 Å². The molecule has 0 amide bonds. The number of epoxide rings is 1. The first-order valence-electron chi connectivity index (χ1n) is 9.80. The summed E-state index contributed by atoms with van der Waals surface area (Å²) in [6.07, 6.45) is 12.1. The molecule has 0 saturated carbocycles. The van der Waals surface area contributed by atoms with Gasteiger partial charge in [0, 0.05) is 12.0 Å². The fourth-order valence-corrected chi connectivity index (χ4v) is 3.91. The Kier molecular flexibility index (Phi) is 10.1. The number of hydrogen-bond acceptors (Lipinski definition) is 2. The lowest BCUT2D eigenvalue weighted by Crippen LogP contribution is -2.40. The Bertz CT molecular complexity index is 405. The van der Waals surface area contributed by atoms with Gasteiger partial charge >= 0.3 is 0 Å². The molecule has 0 aromatic rings. The fourth-order valence-electron chi connectivity index (χ4n) is 2.48. The van der Waals surface area contributed by atoms with Crippen molar-refractivity contribution in [3.8, 4) is 0 Å². The van der Waals surface area contributed by atoms with Crippen molar-refractivity contribution in [2.24, 2.45) is 0 Å². The first kappa shape index (κ1) is 23.5. The van der Waals surface area contributed by atoms with Crippen molar-refractivity contribution in [2.75, 3.05) is 6.61 Å². The predicted molar refractivity (Wildman–Crippen MR) is 114 cm³/mol. The van der Waals surface area contributed by atoms with Gasteiger partial charge in [-0.25, -0.2) is 0 Å². The number of ether oxygens (including phenoxy) is 1. The number of unbranched alkanes of at least 4 members (excludes halogenated alkanes) is 5. The van der Waals surface area contributed by atoms with Crippen molar-refractivity contribution in [1.29, 1.82) is 0 Å². The van der Waals surface area contributed by atoms with Crippen molar-refractivity contribution < 1.29 is 9.16 Å². The third-order valence-corrected chi connectivity index (χ3v) is 11.0. The lowest BCUT2D eigenvalue weighted by atomic mass is 10.1. The zero-order valence-electron chi connectivity index (χ0n) is 17.0. The minimum Gasteiger partial charge on any atom is -0.417 e. The molecular formula is C20H38Cl2O2Si. The van der Waals surface area contributed by atoms with Crippen LogP contribution < -0.4 is 0 Å². The van der Waals surface area contributed by atoms with Gasteiger partial charge in [0.15, 0.2) is 8.32 Å². The average Bonchev–Trinajstić information content (AvgIpc) is 3.26. The first-order valence-corrected chi connectivity index (χ1v) is 13.6. The van der Waals surface area contributed by atoms with Crippen LogP contribution in [-0.4, -0.2) is 37.9 Å². The molecule has 1 rings (SSSR count). The molecule has 2 nitrogen and oxygen atoms in total. The molecule has 148 valence electrons. The number of rotatable bonds is 12. The molecule has 0 N–H and O–H groups in total. The Morgan fingerprint density at radius 1 is 1.08 bits per heavy atom. The molecule has 4 atom stereocenters. The summed E-state index contributed by atoms with van der Waals surface area (Å²) in [6.45, 7) is 14.4. The summed E-state index contributed by atoms with van der Waals surface area (Å²) in [4.78, 5) is 0. The Hall–Kier alpha value is 0.457. The van der Waals surface area contributed by atoms with Crippen LogP contribution in [0.15, 0.2) is 12.2 Å². The molecule has 1 fully saturated rings. The number of halogens is 2. The van der Waals surface area contributed by atoms with E-state index in [1.54, 1.807) is 0 Å². The maximum absolute atomic E-state index is 6.21. The molecule has 0 radical (unpaired) electrons. The Balaban J connectivity index is 1.96. The summed E-state index contributed by atoms with van der Waals surface area (Å²) in [5.74, 6) is 0. The van der Waals surface area contributed by atoms with Gasteiger partial charge in [-0.05, 0) is 44.3 Å². The standard InChI is InChI=1S/C20H38Cl2O2Si/c1-16(21)18(22)19-17(24-19)14-12-10-8-7-9-11-13-15-23-25(5,6)20(2,3)4/h12,14,16-19H,7-11,13,15H2,1-6H3/b14-12-/t16-,17-,18-,19+/m1/s1. The second-order valence-corrected chi connectivity index (χ2v) is 14.8. The van der Waals surface area contributed by atoms with Crippen LogP contribution in [0.4, 0.5) is 0 Å². The first-order chi connectivity index (χ1) is 11.6. The van der Waals surface area contributed by atoms with E-state index >= 15 is 0 Å². The Morgan fingerprint density at radius 3 is 2.28 bits per heavy atom. The Morgan fingerprint density at radius 2 is 1.68 bits per heavy atom. The molecule has 1 aliphatic rings. The highest BCUT2D eigenvalue weighted by Gasteiger charge is 2.44. The molecule has 0 aromatic carbocycles. The van der Waals surface area contributed by atoms with Crippen molar-refractivity contribution in [1.82, 2.24) is 0 Å². The zero-order chi connectivity index (χ0) is 19.1. The maximum Gasteiger partial charge on any atom is 0.191 e. The van der Waals surface area contributed by atoms with Gasteiger partial charge in [-0.15, -0.1) is 23.2 Å². The van der Waals surface area contributed by atoms with Gasteiger partial charge in [-0.3, -0.25) is 0 Å². The summed E-state index contributed by atoms with van der Waals surface area (Å²) in [7, 11) is -1.56. The van der Waals surface area contributed by atoms with Crippen LogP contribution >= 0.6 is 23.2 Å². The smallest absolute Gasteiger partial charge is 0.191 e. The molecule has 0 aliphatic carbocycles. The normalized spacial score (nSPS) is 23.8. The third-order valence-electron chi connectivity index (χ3n) is 5.42. The van der Waals surface area contributed by atoms with Gasteiger partial charge in [-0.2, -0.15) is 0 Å². The number of hydrogen-bond donors (Lipinski definition) is 0. The molecule has 0 aromatic heterocycles. The van der Waals surface area contributed by atoms with E-state index in [1.807, 2.05) is 6.92 Å². The largest absolute Gasteiger partial charge is 0.417 e. The van der Waals surface area contributed by atoms with Crippen molar-refractivity contribution >= 4 is 31.5 Å². The van der Waals surface area contributed by atoms with Gasteiger partial charge in [0.1, 0.15) is 12.2 Å². The van der Waals surface area contributed by atoms with E-state index in [9.17, 15) is 0 Å². The predicted octanol–water partition coefficient (Wildman–Crippen LogP) is 6.91. The van der Waals surface area contributed by atoms with Crippen LogP contribution in [0.25, 0.3) is 0 Å². The van der Waals surface area contributed by atoms with Crippen LogP contribution in [-0.2, 0) is 9.16 Å². The van der Waals surface area contributed by atoms with Crippen molar-refractivity contribution in [3.05, 3.63) is 12.2 Å². The highest BCUT2D eigenvalue weighted by atomic mass is 35.5. The molecule has 1 heterocycles. The molecule has 5 heteroatoms. The summed E-state index contributed by atoms with van der Waals surface area (Å²) in [6, 6.07) is 0. The lowest BCUT2D eigenvalue weighted by Gasteiger charge is -2.36. The SMILES string of the molecule is C[C@@H](Cl)[C@@H](Cl)[C@H]1O[C@@H]1/C=C\CCCCCCCO[Si](C)(C)C(C)(C)C. The van der Waals surface area contributed by atoms with Crippen LogP contribution in [0.2, 0.25) is 18.1 Å². The summed E-state index contributed by atoms with van der Waals surface area (Å²) in [5.41, 5.74) is 0. The van der Waals surface area contributed by atoms with Crippen LogP contribution in [0.5, 0.6) is 0 Å². The van der Waals surface area contributed by atoms with Gasteiger partial charge in [-0.1, -0.05) is 52.2 Å². The molecule has 0 bridgehead atoms. The lowest BCUT2D eigenvalue weighted by molar-refractivity contribution is 0.277. The third kappa shape index (κ3) is 8.79. The number of alkyl halides is 2. The van der Waals surface area contributed by atoms with Crippen LogP contribution in [0.3, 0.4) is 0 Å². The van der Waals surface area contributed by atoms with Crippen molar-refractivity contribution in [2.45, 2.75) is 107 Å². The molecular weight excluding hydrogens is 371 g/mol. The number of allylic oxidation sites excluding steroid dienone is 1. The van der Waals surface area contributed by atoms with E-state index < -0.39 is 8.32 Å². The summed E-state index contributed by atoms with van der Waals surface area (Å²) < 4.78 is 11.8. The van der Waals surface area contributed by atoms with E-state index in [0.29, 0.717) is 5.04 Å². The molecule has 0 unspecified atom stereocenters. The zero-order valence-corrected chi connectivity index (χ0v) is 19.5. The van der Waals surface area contributed by atoms with Gasteiger partial charge in [0.25, 0.3) is 0 Å². The van der Waals surface area contributed by atoms with Crippen LogP contribution in [0.1, 0.15) is 66.2 Å². The maximum atomic E-state index is 6.21. The summed E-state index contributed by atoms with van der Waals surface area (Å²) in [5, 5.41) is 0.171. The molecule has 25 heavy (non-hydrogen) atoms. The van der Waals surface area contributed by atoms with Crippen molar-refractivity contribution in [3.63, 3.8) is 0 Å². The van der Waals surface area contributed by atoms with E-state index in [-0.39, 0.29) is 23.0 Å². The van der Waals surface area contributed by atoms with Gasteiger partial charge in [0.2, 0.25) is 0 Å². The second-order valence-electron chi connectivity index (χ2n) is 8.78. The van der Waals surface area contributed by atoms with E-state index in [1.165, 1.54) is 32.1 Å². The minimum absolute atomic E-state index is 0.0503. The minimum atomic E-state index is -1.56. The monoisotopic (exact) mass is 408 g/mol. The quantitative estimate of drug-likeness (QED) is 0.115. The molecule has 1 aliphatic heterocycles. The van der Waals surface area contributed by atoms with E-state index in [4.69, 9.17) is 32.4 Å². The highest BCUT2D eigenvalue weighted by Crippen LogP contribution is 2.36. The van der Waals surface area contributed by atoms with Gasteiger partial charge < -0.3 is 9.16 Å². The molecule has 1 saturated heterocycles. The second kappa shape index (κ2) is 10.7.